The summed E-state index contributed by atoms with van der Waals surface area (Å²) in [6.45, 7) is 1.05. The van der Waals surface area contributed by atoms with E-state index in [0.29, 0.717) is 31.2 Å². The third-order valence-corrected chi connectivity index (χ3v) is 3.97. The minimum Gasteiger partial charge on any atom is -0.467 e. The number of amides is 1. The van der Waals surface area contributed by atoms with Crippen molar-refractivity contribution in [1.82, 2.24) is 15.0 Å². The monoisotopic (exact) mass is 309 g/mol. The molecule has 6 heteroatoms. The lowest BCUT2D eigenvalue weighted by atomic mass is 10.1. The minimum atomic E-state index is -0.0429. The summed E-state index contributed by atoms with van der Waals surface area (Å²) in [6.07, 6.45) is 2.01. The molecule has 0 aliphatic carbocycles. The Bertz CT molecular complexity index is 796. The average Bonchev–Trinajstić information content (AvgIpc) is 3.31. The first kappa shape index (κ1) is 13.8. The lowest BCUT2D eigenvalue weighted by molar-refractivity contribution is -0.128. The molecule has 3 heterocycles. The van der Waals surface area contributed by atoms with Gasteiger partial charge < -0.3 is 13.8 Å². The summed E-state index contributed by atoms with van der Waals surface area (Å²) >= 11 is 0. The van der Waals surface area contributed by atoms with Crippen molar-refractivity contribution in [1.29, 1.82) is 0 Å². The summed E-state index contributed by atoms with van der Waals surface area (Å²) in [5, 5.41) is 4.05. The standard InChI is InChI=1S/C17H15N3O3/c21-15-9-13(10-20(15)11-14-7-4-8-22-14)16-18-17(23-19-16)12-5-2-1-3-6-12/h1-8,13H,9-11H2. The predicted octanol–water partition coefficient (Wildman–Crippen LogP) is 2.85. The highest BCUT2D eigenvalue weighted by Crippen LogP contribution is 2.29. The first-order valence-electron chi connectivity index (χ1n) is 7.49. The number of hydrogen-bond donors (Lipinski definition) is 0. The van der Waals surface area contributed by atoms with Gasteiger partial charge in [-0.25, -0.2) is 0 Å². The highest BCUT2D eigenvalue weighted by molar-refractivity contribution is 5.79. The summed E-state index contributed by atoms with van der Waals surface area (Å²) in [7, 11) is 0. The van der Waals surface area contributed by atoms with Crippen molar-refractivity contribution < 1.29 is 13.7 Å². The van der Waals surface area contributed by atoms with Crippen molar-refractivity contribution in [3.05, 3.63) is 60.3 Å². The van der Waals surface area contributed by atoms with E-state index in [4.69, 9.17) is 8.94 Å². The van der Waals surface area contributed by atoms with Crippen LogP contribution in [0, 0.1) is 0 Å². The Labute approximate surface area is 132 Å². The second-order valence-corrected chi connectivity index (χ2v) is 5.58. The molecule has 1 atom stereocenters. The molecule has 23 heavy (non-hydrogen) atoms. The topological polar surface area (TPSA) is 72.4 Å². The molecule has 1 amide bonds. The van der Waals surface area contributed by atoms with Crippen LogP contribution in [0.1, 0.15) is 23.9 Å². The van der Waals surface area contributed by atoms with E-state index >= 15 is 0 Å². The van der Waals surface area contributed by atoms with Gasteiger partial charge in [0, 0.05) is 24.4 Å². The van der Waals surface area contributed by atoms with E-state index < -0.39 is 0 Å². The fourth-order valence-corrected chi connectivity index (χ4v) is 2.79. The molecule has 6 nitrogen and oxygen atoms in total. The first-order chi connectivity index (χ1) is 11.3. The molecule has 0 radical (unpaired) electrons. The van der Waals surface area contributed by atoms with Gasteiger partial charge in [-0.1, -0.05) is 23.4 Å². The molecular weight excluding hydrogens is 294 g/mol. The molecule has 4 rings (SSSR count). The van der Waals surface area contributed by atoms with E-state index in [1.807, 2.05) is 42.5 Å². The summed E-state index contributed by atoms with van der Waals surface area (Å²) in [4.78, 5) is 18.4. The number of rotatable bonds is 4. The fraction of sp³-hybridized carbons (Fsp3) is 0.235. The molecule has 2 aromatic heterocycles. The van der Waals surface area contributed by atoms with Gasteiger partial charge in [0.25, 0.3) is 5.89 Å². The smallest absolute Gasteiger partial charge is 0.257 e. The van der Waals surface area contributed by atoms with Gasteiger partial charge in [-0.2, -0.15) is 4.98 Å². The van der Waals surface area contributed by atoms with Gasteiger partial charge in [-0.05, 0) is 24.3 Å². The number of benzene rings is 1. The molecule has 0 N–H and O–H groups in total. The lowest BCUT2D eigenvalue weighted by Crippen LogP contribution is -2.24. The molecule has 1 unspecified atom stereocenters. The molecule has 0 saturated carbocycles. The zero-order chi connectivity index (χ0) is 15.6. The van der Waals surface area contributed by atoms with Gasteiger partial charge in [0.1, 0.15) is 5.76 Å². The largest absolute Gasteiger partial charge is 0.467 e. The van der Waals surface area contributed by atoms with Gasteiger partial charge in [0.05, 0.1) is 12.8 Å². The zero-order valence-corrected chi connectivity index (χ0v) is 12.4. The van der Waals surface area contributed by atoms with Gasteiger partial charge in [0.15, 0.2) is 5.82 Å². The van der Waals surface area contributed by atoms with Crippen LogP contribution in [-0.4, -0.2) is 27.5 Å². The van der Waals surface area contributed by atoms with E-state index in [0.717, 1.165) is 11.3 Å². The molecule has 1 aromatic carbocycles. The van der Waals surface area contributed by atoms with Crippen LogP contribution in [0.3, 0.4) is 0 Å². The Morgan fingerprint density at radius 2 is 2.04 bits per heavy atom. The SMILES string of the molecule is O=C1CC(c2noc(-c3ccccc3)n2)CN1Cc1ccco1. The molecule has 0 spiro atoms. The number of carbonyl (C=O) groups excluding carboxylic acids is 1. The van der Waals surface area contributed by atoms with Gasteiger partial charge >= 0.3 is 0 Å². The molecule has 1 aliphatic rings. The van der Waals surface area contributed by atoms with E-state index in [1.165, 1.54) is 0 Å². The van der Waals surface area contributed by atoms with Crippen molar-refractivity contribution in [3.8, 4) is 11.5 Å². The Balaban J connectivity index is 1.49. The lowest BCUT2D eigenvalue weighted by Gasteiger charge is -2.13. The van der Waals surface area contributed by atoms with Crippen molar-refractivity contribution in [2.75, 3.05) is 6.54 Å². The van der Waals surface area contributed by atoms with Gasteiger partial charge in [-0.15, -0.1) is 0 Å². The molecule has 116 valence electrons. The van der Waals surface area contributed by atoms with Crippen LogP contribution in [0.2, 0.25) is 0 Å². The van der Waals surface area contributed by atoms with E-state index in [-0.39, 0.29) is 11.8 Å². The Morgan fingerprint density at radius 1 is 1.17 bits per heavy atom. The highest BCUT2D eigenvalue weighted by Gasteiger charge is 2.34. The summed E-state index contributed by atoms with van der Waals surface area (Å²) in [6, 6.07) is 13.3. The average molecular weight is 309 g/mol. The fourth-order valence-electron chi connectivity index (χ4n) is 2.79. The predicted molar refractivity (Wildman–Crippen MR) is 81.2 cm³/mol. The van der Waals surface area contributed by atoms with Crippen LogP contribution in [0.4, 0.5) is 0 Å². The maximum absolute atomic E-state index is 12.2. The number of nitrogens with zero attached hydrogens (tertiary/aromatic N) is 3. The molecule has 1 aliphatic heterocycles. The quantitative estimate of drug-likeness (QED) is 0.741. The van der Waals surface area contributed by atoms with Crippen LogP contribution >= 0.6 is 0 Å². The number of likely N-dealkylation sites (tertiary alicyclic amines) is 1. The molecular formula is C17H15N3O3. The van der Waals surface area contributed by atoms with Gasteiger partial charge in [-0.3, -0.25) is 4.79 Å². The molecule has 3 aromatic rings. The third-order valence-electron chi connectivity index (χ3n) is 3.97. The van der Waals surface area contributed by atoms with Crippen LogP contribution in [0.25, 0.3) is 11.5 Å². The van der Waals surface area contributed by atoms with Crippen molar-refractivity contribution in [3.63, 3.8) is 0 Å². The first-order valence-corrected chi connectivity index (χ1v) is 7.49. The Hall–Kier alpha value is -2.89. The zero-order valence-electron chi connectivity index (χ0n) is 12.4. The Morgan fingerprint density at radius 3 is 2.83 bits per heavy atom. The van der Waals surface area contributed by atoms with Crippen molar-refractivity contribution in [2.24, 2.45) is 0 Å². The van der Waals surface area contributed by atoms with E-state index in [1.54, 1.807) is 11.2 Å². The van der Waals surface area contributed by atoms with Crippen molar-refractivity contribution >= 4 is 5.91 Å². The second kappa shape index (κ2) is 5.72. The summed E-state index contributed by atoms with van der Waals surface area (Å²) in [5.74, 6) is 1.88. The van der Waals surface area contributed by atoms with Crippen LogP contribution < -0.4 is 0 Å². The number of carbonyl (C=O) groups is 1. The maximum atomic E-state index is 12.2. The van der Waals surface area contributed by atoms with Gasteiger partial charge in [0.2, 0.25) is 5.91 Å². The molecule has 1 fully saturated rings. The van der Waals surface area contributed by atoms with E-state index in [9.17, 15) is 4.79 Å². The van der Waals surface area contributed by atoms with Crippen LogP contribution in [0.15, 0.2) is 57.7 Å². The minimum absolute atomic E-state index is 0.0429. The second-order valence-electron chi connectivity index (χ2n) is 5.58. The maximum Gasteiger partial charge on any atom is 0.257 e. The summed E-state index contributed by atoms with van der Waals surface area (Å²) < 4.78 is 10.6. The molecule has 1 saturated heterocycles. The third kappa shape index (κ3) is 2.75. The Kier molecular flexibility index (Phi) is 3.42. The molecule has 0 bridgehead atoms. The number of aromatic nitrogens is 2. The normalized spacial score (nSPS) is 17.8. The van der Waals surface area contributed by atoms with E-state index in [2.05, 4.69) is 10.1 Å². The number of hydrogen-bond acceptors (Lipinski definition) is 5. The number of furan rings is 1. The highest BCUT2D eigenvalue weighted by atomic mass is 16.5. The van der Waals surface area contributed by atoms with Crippen LogP contribution in [0.5, 0.6) is 0 Å². The van der Waals surface area contributed by atoms with Crippen LogP contribution in [-0.2, 0) is 11.3 Å². The summed E-state index contributed by atoms with van der Waals surface area (Å²) in [5.41, 5.74) is 0.878. The van der Waals surface area contributed by atoms with Crippen molar-refractivity contribution in [2.45, 2.75) is 18.9 Å².